The number of nitrogens with one attached hydrogen (secondary N) is 1. The lowest BCUT2D eigenvalue weighted by molar-refractivity contribution is -0.137. The molecule has 1 atom stereocenters. The molecule has 0 radical (unpaired) electrons. The number of hydrogen-bond acceptors (Lipinski definition) is 4. The number of aromatic nitrogens is 1. The van der Waals surface area contributed by atoms with Crippen LogP contribution >= 0.6 is 0 Å². The van der Waals surface area contributed by atoms with Crippen LogP contribution in [0.4, 0.5) is 19.0 Å². The van der Waals surface area contributed by atoms with E-state index in [0.29, 0.717) is 6.20 Å². The van der Waals surface area contributed by atoms with Gasteiger partial charge in [-0.2, -0.15) is 13.2 Å². The van der Waals surface area contributed by atoms with Crippen LogP contribution in [0.1, 0.15) is 12.5 Å². The van der Waals surface area contributed by atoms with Gasteiger partial charge in [0.05, 0.1) is 11.3 Å². The number of halogens is 3. The molecule has 0 spiro atoms. The molecule has 0 bridgehead atoms. The summed E-state index contributed by atoms with van der Waals surface area (Å²) in [6.07, 6.45) is -2.83. The zero-order chi connectivity index (χ0) is 16.3. The first-order chi connectivity index (χ1) is 9.58. The van der Waals surface area contributed by atoms with Gasteiger partial charge >= 0.3 is 6.18 Å². The summed E-state index contributed by atoms with van der Waals surface area (Å²) < 4.78 is 60.3. The standard InChI is InChI=1S/C12H13F3N2O3S/c1-3-6-21(19,20)8(2)11(18)17-10-5-4-9(7-16-10)12(13,14)15/h3-5,7-8H,1,6H2,2H3,(H,16,17,18). The zero-order valence-electron chi connectivity index (χ0n) is 11.0. The molecule has 9 heteroatoms. The lowest BCUT2D eigenvalue weighted by atomic mass is 10.3. The third-order valence-electron chi connectivity index (χ3n) is 2.60. The molecule has 1 aromatic heterocycles. The maximum Gasteiger partial charge on any atom is 0.417 e. The Hall–Kier alpha value is -1.90. The highest BCUT2D eigenvalue weighted by molar-refractivity contribution is 7.92. The monoisotopic (exact) mass is 322 g/mol. The summed E-state index contributed by atoms with van der Waals surface area (Å²) in [4.78, 5) is 15.2. The second-order valence-corrected chi connectivity index (χ2v) is 6.55. The Bertz CT molecular complexity index is 624. The average molecular weight is 322 g/mol. The van der Waals surface area contributed by atoms with Gasteiger partial charge in [-0.25, -0.2) is 13.4 Å². The van der Waals surface area contributed by atoms with E-state index in [4.69, 9.17) is 0 Å². The van der Waals surface area contributed by atoms with Gasteiger partial charge < -0.3 is 5.32 Å². The van der Waals surface area contributed by atoms with E-state index in [1.54, 1.807) is 0 Å². The van der Waals surface area contributed by atoms with Crippen LogP contribution < -0.4 is 5.32 Å². The van der Waals surface area contributed by atoms with Gasteiger partial charge in [0, 0.05) is 6.20 Å². The van der Waals surface area contributed by atoms with Gasteiger partial charge in [0.2, 0.25) is 5.91 Å². The number of nitrogens with zero attached hydrogens (tertiary/aromatic N) is 1. The Balaban J connectivity index is 2.82. The molecule has 1 unspecified atom stereocenters. The number of sulfone groups is 1. The van der Waals surface area contributed by atoms with Gasteiger partial charge in [0.25, 0.3) is 0 Å². The predicted molar refractivity (Wildman–Crippen MR) is 71.3 cm³/mol. The van der Waals surface area contributed by atoms with E-state index in [2.05, 4.69) is 16.9 Å². The third kappa shape index (κ3) is 4.55. The smallest absolute Gasteiger partial charge is 0.310 e. The normalized spacial score (nSPS) is 13.5. The number of pyridine rings is 1. The summed E-state index contributed by atoms with van der Waals surface area (Å²) in [6, 6.07) is 1.69. The van der Waals surface area contributed by atoms with Gasteiger partial charge in [-0.05, 0) is 19.1 Å². The van der Waals surface area contributed by atoms with Crippen molar-refractivity contribution in [1.82, 2.24) is 4.98 Å². The van der Waals surface area contributed by atoms with E-state index in [-0.39, 0.29) is 11.6 Å². The summed E-state index contributed by atoms with van der Waals surface area (Å²) in [5, 5.41) is 0.793. The number of amides is 1. The second-order valence-electron chi connectivity index (χ2n) is 4.18. The van der Waals surface area contributed by atoms with Crippen molar-refractivity contribution in [2.24, 2.45) is 0 Å². The van der Waals surface area contributed by atoms with E-state index >= 15 is 0 Å². The molecule has 0 aliphatic heterocycles. The van der Waals surface area contributed by atoms with Gasteiger partial charge in [-0.1, -0.05) is 6.08 Å². The van der Waals surface area contributed by atoms with Gasteiger partial charge in [-0.15, -0.1) is 6.58 Å². The van der Waals surface area contributed by atoms with Gasteiger partial charge in [0.15, 0.2) is 9.84 Å². The molecule has 0 aliphatic rings. The van der Waals surface area contributed by atoms with Crippen molar-refractivity contribution in [2.45, 2.75) is 18.3 Å². The summed E-state index contributed by atoms with van der Waals surface area (Å²) in [5.74, 6) is -1.40. The molecule has 0 aromatic carbocycles. The van der Waals surface area contributed by atoms with Crippen molar-refractivity contribution >= 4 is 21.6 Å². The number of hydrogen-bond donors (Lipinski definition) is 1. The first-order valence-electron chi connectivity index (χ1n) is 5.74. The predicted octanol–water partition coefficient (Wildman–Crippen LogP) is 2.03. The SMILES string of the molecule is C=CCS(=O)(=O)C(C)C(=O)Nc1ccc(C(F)(F)F)cn1. The van der Waals surface area contributed by atoms with Crippen LogP contribution in [0.3, 0.4) is 0 Å². The van der Waals surface area contributed by atoms with E-state index in [1.807, 2.05) is 0 Å². The number of alkyl halides is 3. The molecular formula is C12H13F3N2O3S. The van der Waals surface area contributed by atoms with Crippen LogP contribution in [0.5, 0.6) is 0 Å². The van der Waals surface area contributed by atoms with E-state index in [1.165, 1.54) is 6.92 Å². The molecular weight excluding hydrogens is 309 g/mol. The number of carbonyl (C=O) groups excluding carboxylic acids is 1. The Morgan fingerprint density at radius 1 is 1.48 bits per heavy atom. The number of anilines is 1. The first kappa shape index (κ1) is 17.2. The minimum absolute atomic E-state index is 0.159. The highest BCUT2D eigenvalue weighted by Crippen LogP contribution is 2.28. The van der Waals surface area contributed by atoms with Crippen molar-refractivity contribution in [2.75, 3.05) is 11.1 Å². The molecule has 5 nitrogen and oxygen atoms in total. The van der Waals surface area contributed by atoms with Crippen LogP contribution in [0, 0.1) is 0 Å². The van der Waals surface area contributed by atoms with Crippen molar-refractivity contribution in [3.8, 4) is 0 Å². The molecule has 1 N–H and O–H groups in total. The van der Waals surface area contributed by atoms with E-state index in [9.17, 15) is 26.4 Å². The fourth-order valence-corrected chi connectivity index (χ4v) is 2.34. The molecule has 1 heterocycles. The van der Waals surface area contributed by atoms with Crippen molar-refractivity contribution in [3.05, 3.63) is 36.5 Å². The van der Waals surface area contributed by atoms with Crippen molar-refractivity contribution in [3.63, 3.8) is 0 Å². The lowest BCUT2D eigenvalue weighted by Crippen LogP contribution is -2.34. The fraction of sp³-hybridized carbons (Fsp3) is 0.333. The molecule has 0 saturated heterocycles. The molecule has 0 fully saturated rings. The zero-order valence-corrected chi connectivity index (χ0v) is 11.8. The second kappa shape index (κ2) is 6.25. The largest absolute Gasteiger partial charge is 0.417 e. The van der Waals surface area contributed by atoms with E-state index < -0.39 is 32.7 Å². The summed E-state index contributed by atoms with van der Waals surface area (Å²) in [6.45, 7) is 4.45. The topological polar surface area (TPSA) is 76.1 Å². The fourth-order valence-electron chi connectivity index (χ4n) is 1.34. The van der Waals surface area contributed by atoms with Gasteiger partial charge in [0.1, 0.15) is 11.1 Å². The molecule has 1 amide bonds. The van der Waals surface area contributed by atoms with Crippen molar-refractivity contribution < 1.29 is 26.4 Å². The van der Waals surface area contributed by atoms with Crippen LogP contribution in [0.15, 0.2) is 31.0 Å². The maximum atomic E-state index is 12.3. The van der Waals surface area contributed by atoms with Crippen LogP contribution in [-0.4, -0.2) is 30.3 Å². The minimum Gasteiger partial charge on any atom is -0.310 e. The highest BCUT2D eigenvalue weighted by Gasteiger charge is 2.31. The van der Waals surface area contributed by atoms with Gasteiger partial charge in [-0.3, -0.25) is 4.79 Å². The molecule has 1 aromatic rings. The first-order valence-corrected chi connectivity index (χ1v) is 7.46. The summed E-state index contributed by atoms with van der Waals surface area (Å²) in [5.41, 5.74) is -0.965. The summed E-state index contributed by atoms with van der Waals surface area (Å²) in [7, 11) is -3.70. The number of rotatable bonds is 5. The molecule has 0 saturated carbocycles. The Morgan fingerprint density at radius 3 is 2.52 bits per heavy atom. The lowest BCUT2D eigenvalue weighted by Gasteiger charge is -2.12. The maximum absolute atomic E-state index is 12.3. The summed E-state index contributed by atoms with van der Waals surface area (Å²) >= 11 is 0. The third-order valence-corrected chi connectivity index (χ3v) is 4.59. The molecule has 1 rings (SSSR count). The van der Waals surface area contributed by atoms with Crippen molar-refractivity contribution in [1.29, 1.82) is 0 Å². The molecule has 21 heavy (non-hydrogen) atoms. The van der Waals surface area contributed by atoms with Crippen LogP contribution in [0.25, 0.3) is 0 Å². The highest BCUT2D eigenvalue weighted by atomic mass is 32.2. The molecule has 0 aliphatic carbocycles. The minimum atomic E-state index is -4.53. The number of carbonyl (C=O) groups is 1. The van der Waals surface area contributed by atoms with E-state index in [0.717, 1.165) is 18.2 Å². The Morgan fingerprint density at radius 2 is 2.10 bits per heavy atom. The Kier molecular flexibility index (Phi) is 5.10. The average Bonchev–Trinajstić information content (AvgIpc) is 2.37. The Labute approximate surface area is 119 Å². The van der Waals surface area contributed by atoms with Crippen LogP contribution in [-0.2, 0) is 20.8 Å². The molecule has 116 valence electrons. The quantitative estimate of drug-likeness (QED) is 0.842. The van der Waals surface area contributed by atoms with Crippen LogP contribution in [0.2, 0.25) is 0 Å².